The Hall–Kier alpha value is -1.18. The number of hydrogen-bond acceptors (Lipinski definition) is 4. The van der Waals surface area contributed by atoms with Gasteiger partial charge in [0.05, 0.1) is 19.3 Å². The first-order valence-corrected chi connectivity index (χ1v) is 7.13. The standard InChI is InChI=1S/C11H19N3O3S/c1-4-5-14(10(2)3)18(16,17)11-8-12-13(9-11)6-7-15/h4,8-10,15H,1,5-7H2,2-3H3. The predicted octanol–water partition coefficient (Wildman–Crippen LogP) is 0.460. The second kappa shape index (κ2) is 6.12. The molecule has 0 aliphatic heterocycles. The summed E-state index contributed by atoms with van der Waals surface area (Å²) in [5, 5.41) is 12.7. The fourth-order valence-electron chi connectivity index (χ4n) is 1.55. The van der Waals surface area contributed by atoms with Crippen molar-refractivity contribution in [2.24, 2.45) is 0 Å². The minimum atomic E-state index is -3.56. The zero-order valence-corrected chi connectivity index (χ0v) is 11.5. The van der Waals surface area contributed by atoms with Crippen LogP contribution in [0.1, 0.15) is 13.8 Å². The zero-order valence-electron chi connectivity index (χ0n) is 10.7. The minimum Gasteiger partial charge on any atom is -0.394 e. The van der Waals surface area contributed by atoms with E-state index in [1.54, 1.807) is 19.9 Å². The zero-order chi connectivity index (χ0) is 13.8. The molecular formula is C11H19N3O3S. The Balaban J connectivity index is 3.05. The first-order chi connectivity index (χ1) is 8.43. The van der Waals surface area contributed by atoms with Crippen LogP contribution in [0.4, 0.5) is 0 Å². The second-order valence-electron chi connectivity index (χ2n) is 4.12. The largest absolute Gasteiger partial charge is 0.394 e. The van der Waals surface area contributed by atoms with Crippen LogP contribution >= 0.6 is 0 Å². The third-order valence-electron chi connectivity index (χ3n) is 2.43. The third kappa shape index (κ3) is 3.18. The van der Waals surface area contributed by atoms with E-state index in [4.69, 9.17) is 5.11 Å². The van der Waals surface area contributed by atoms with Crippen LogP contribution in [0.15, 0.2) is 29.9 Å². The fraction of sp³-hybridized carbons (Fsp3) is 0.545. The van der Waals surface area contributed by atoms with Gasteiger partial charge in [0.15, 0.2) is 0 Å². The molecule has 6 nitrogen and oxygen atoms in total. The molecule has 0 bridgehead atoms. The highest BCUT2D eigenvalue weighted by atomic mass is 32.2. The average Bonchev–Trinajstić information content (AvgIpc) is 2.75. The van der Waals surface area contributed by atoms with E-state index in [0.717, 1.165) is 0 Å². The quantitative estimate of drug-likeness (QED) is 0.732. The molecule has 0 aliphatic rings. The van der Waals surface area contributed by atoms with Gasteiger partial charge in [-0.1, -0.05) is 6.08 Å². The van der Waals surface area contributed by atoms with E-state index in [1.165, 1.54) is 21.4 Å². The fourth-order valence-corrected chi connectivity index (χ4v) is 3.11. The van der Waals surface area contributed by atoms with Crippen LogP contribution in [-0.4, -0.2) is 46.8 Å². The van der Waals surface area contributed by atoms with Gasteiger partial charge in [-0.3, -0.25) is 4.68 Å². The lowest BCUT2D eigenvalue weighted by Gasteiger charge is -2.23. The van der Waals surface area contributed by atoms with Crippen LogP contribution in [0, 0.1) is 0 Å². The Kier molecular flexibility index (Phi) is 5.06. The molecule has 0 saturated carbocycles. The Labute approximate surface area is 108 Å². The van der Waals surface area contributed by atoms with Crippen molar-refractivity contribution >= 4 is 10.0 Å². The summed E-state index contributed by atoms with van der Waals surface area (Å²) in [7, 11) is -3.56. The van der Waals surface area contributed by atoms with Crippen molar-refractivity contribution in [1.82, 2.24) is 14.1 Å². The van der Waals surface area contributed by atoms with Crippen LogP contribution in [-0.2, 0) is 16.6 Å². The van der Waals surface area contributed by atoms with Crippen molar-refractivity contribution in [3.8, 4) is 0 Å². The van der Waals surface area contributed by atoms with Gasteiger partial charge in [-0.05, 0) is 13.8 Å². The number of nitrogens with zero attached hydrogens (tertiary/aromatic N) is 3. The van der Waals surface area contributed by atoms with Crippen molar-refractivity contribution < 1.29 is 13.5 Å². The maximum atomic E-state index is 12.3. The molecule has 1 aromatic heterocycles. The normalized spacial score (nSPS) is 12.3. The van der Waals surface area contributed by atoms with Gasteiger partial charge in [0.25, 0.3) is 0 Å². The van der Waals surface area contributed by atoms with Crippen LogP contribution in [0.5, 0.6) is 0 Å². The summed E-state index contributed by atoms with van der Waals surface area (Å²) in [4.78, 5) is 0.131. The molecule has 0 saturated heterocycles. The monoisotopic (exact) mass is 273 g/mol. The molecule has 0 aromatic carbocycles. The van der Waals surface area contributed by atoms with E-state index in [2.05, 4.69) is 11.7 Å². The molecule has 1 aromatic rings. The number of rotatable bonds is 7. The van der Waals surface area contributed by atoms with Gasteiger partial charge in [0, 0.05) is 18.8 Å². The number of aliphatic hydroxyl groups excluding tert-OH is 1. The lowest BCUT2D eigenvalue weighted by molar-refractivity contribution is 0.269. The van der Waals surface area contributed by atoms with Crippen LogP contribution < -0.4 is 0 Å². The Morgan fingerprint density at radius 3 is 2.78 bits per heavy atom. The van der Waals surface area contributed by atoms with Crippen LogP contribution in [0.3, 0.4) is 0 Å². The first-order valence-electron chi connectivity index (χ1n) is 5.69. The lowest BCUT2D eigenvalue weighted by atomic mass is 10.4. The van der Waals surface area contributed by atoms with Crippen molar-refractivity contribution in [1.29, 1.82) is 0 Å². The number of aromatic nitrogens is 2. The van der Waals surface area contributed by atoms with Gasteiger partial charge in [-0.2, -0.15) is 9.40 Å². The number of aliphatic hydroxyl groups is 1. The molecule has 0 spiro atoms. The Bertz CT molecular complexity index is 493. The highest BCUT2D eigenvalue weighted by molar-refractivity contribution is 7.89. The predicted molar refractivity (Wildman–Crippen MR) is 68.5 cm³/mol. The second-order valence-corrected chi connectivity index (χ2v) is 6.01. The molecule has 0 unspecified atom stereocenters. The summed E-state index contributed by atoms with van der Waals surface area (Å²) in [5.74, 6) is 0. The van der Waals surface area contributed by atoms with E-state index in [0.29, 0.717) is 0 Å². The molecule has 1 N–H and O–H groups in total. The highest BCUT2D eigenvalue weighted by Crippen LogP contribution is 2.17. The molecule has 0 aliphatic carbocycles. The Morgan fingerprint density at radius 1 is 1.61 bits per heavy atom. The summed E-state index contributed by atoms with van der Waals surface area (Å²) < 4.78 is 27.4. The third-order valence-corrected chi connectivity index (χ3v) is 4.42. The minimum absolute atomic E-state index is 0.0816. The van der Waals surface area contributed by atoms with Crippen LogP contribution in [0.2, 0.25) is 0 Å². The van der Waals surface area contributed by atoms with Crippen molar-refractivity contribution in [3.63, 3.8) is 0 Å². The van der Waals surface area contributed by atoms with Gasteiger partial charge in [-0.25, -0.2) is 8.42 Å². The van der Waals surface area contributed by atoms with E-state index in [-0.39, 0.29) is 30.6 Å². The number of hydrogen-bond donors (Lipinski definition) is 1. The maximum Gasteiger partial charge on any atom is 0.246 e. The van der Waals surface area contributed by atoms with Gasteiger partial charge >= 0.3 is 0 Å². The van der Waals surface area contributed by atoms with Crippen molar-refractivity contribution in [2.45, 2.75) is 31.3 Å². The van der Waals surface area contributed by atoms with E-state index >= 15 is 0 Å². The molecule has 18 heavy (non-hydrogen) atoms. The van der Waals surface area contributed by atoms with E-state index in [9.17, 15) is 8.42 Å². The molecule has 0 radical (unpaired) electrons. The van der Waals surface area contributed by atoms with Gasteiger partial charge in [-0.15, -0.1) is 6.58 Å². The highest BCUT2D eigenvalue weighted by Gasteiger charge is 2.27. The summed E-state index contributed by atoms with van der Waals surface area (Å²) >= 11 is 0. The van der Waals surface area contributed by atoms with Gasteiger partial charge in [0.1, 0.15) is 4.90 Å². The molecule has 7 heteroatoms. The SMILES string of the molecule is C=CCN(C(C)C)S(=O)(=O)c1cnn(CCO)c1. The van der Waals surface area contributed by atoms with Gasteiger partial charge < -0.3 is 5.11 Å². The molecule has 0 amide bonds. The number of sulfonamides is 1. The molecule has 1 heterocycles. The van der Waals surface area contributed by atoms with E-state index in [1.807, 2.05) is 0 Å². The van der Waals surface area contributed by atoms with Crippen molar-refractivity contribution in [3.05, 3.63) is 25.0 Å². The topological polar surface area (TPSA) is 75.4 Å². The average molecular weight is 273 g/mol. The molecular weight excluding hydrogens is 254 g/mol. The molecule has 0 fully saturated rings. The maximum absolute atomic E-state index is 12.3. The molecule has 102 valence electrons. The first kappa shape index (κ1) is 14.9. The summed E-state index contributed by atoms with van der Waals surface area (Å²) in [6, 6.07) is -0.158. The molecule has 0 atom stereocenters. The summed E-state index contributed by atoms with van der Waals surface area (Å²) in [6.07, 6.45) is 4.27. The van der Waals surface area contributed by atoms with E-state index < -0.39 is 10.0 Å². The summed E-state index contributed by atoms with van der Waals surface area (Å²) in [6.45, 7) is 7.62. The van der Waals surface area contributed by atoms with Crippen molar-refractivity contribution in [2.75, 3.05) is 13.2 Å². The Morgan fingerprint density at radius 2 is 2.28 bits per heavy atom. The lowest BCUT2D eigenvalue weighted by Crippen LogP contribution is -2.36. The van der Waals surface area contributed by atoms with Crippen LogP contribution in [0.25, 0.3) is 0 Å². The molecule has 1 rings (SSSR count). The summed E-state index contributed by atoms with van der Waals surface area (Å²) in [5.41, 5.74) is 0. The van der Waals surface area contributed by atoms with Gasteiger partial charge in [0.2, 0.25) is 10.0 Å². The smallest absolute Gasteiger partial charge is 0.246 e.